The van der Waals surface area contributed by atoms with Crippen LogP contribution in [0.3, 0.4) is 0 Å². The van der Waals surface area contributed by atoms with E-state index in [1.165, 1.54) is 29.4 Å². The Labute approximate surface area is 242 Å². The third kappa shape index (κ3) is 5.44. The molecule has 1 aromatic heterocycles. The molecule has 40 heavy (non-hydrogen) atoms. The summed E-state index contributed by atoms with van der Waals surface area (Å²) in [7, 11) is 1.64. The zero-order valence-electron chi connectivity index (χ0n) is 24.9. The van der Waals surface area contributed by atoms with Crippen LogP contribution in [0, 0.1) is 30.1 Å². The number of thiazole rings is 1. The minimum atomic E-state index is -0.277. The Hall–Kier alpha value is -2.74. The Morgan fingerprint density at radius 3 is 2.67 bits per heavy atom. The summed E-state index contributed by atoms with van der Waals surface area (Å²) >= 11 is 1.51. The second-order valence-electron chi connectivity index (χ2n) is 13.2. The van der Waals surface area contributed by atoms with Crippen LogP contribution in [0.25, 0.3) is 0 Å². The van der Waals surface area contributed by atoms with E-state index in [1.807, 2.05) is 6.92 Å². The van der Waals surface area contributed by atoms with Crippen LogP contribution >= 0.6 is 11.3 Å². The van der Waals surface area contributed by atoms with E-state index in [0.29, 0.717) is 41.0 Å². The van der Waals surface area contributed by atoms with Crippen molar-refractivity contribution in [2.75, 3.05) is 12.4 Å². The van der Waals surface area contributed by atoms with Gasteiger partial charge in [-0.2, -0.15) is 0 Å². The molecule has 5 rings (SSSR count). The second-order valence-corrected chi connectivity index (χ2v) is 14.5. The summed E-state index contributed by atoms with van der Waals surface area (Å²) in [4.78, 5) is 35.5. The number of hydrogen-bond acceptors (Lipinski definition) is 7. The summed E-state index contributed by atoms with van der Waals surface area (Å²) in [6, 6.07) is 4.47. The number of aromatic nitrogens is 1. The average Bonchev–Trinajstić information content (AvgIpc) is 3.41. The number of fused-ring (bicyclic) bond motifs is 5. The van der Waals surface area contributed by atoms with Gasteiger partial charge in [0, 0.05) is 35.4 Å². The Morgan fingerprint density at radius 2 is 2.02 bits per heavy atom. The van der Waals surface area contributed by atoms with Gasteiger partial charge in [0.05, 0.1) is 5.71 Å². The molecule has 0 radical (unpaired) electrons. The van der Waals surface area contributed by atoms with Gasteiger partial charge in [-0.1, -0.05) is 38.9 Å². The largest absolute Gasteiger partial charge is 0.426 e. The summed E-state index contributed by atoms with van der Waals surface area (Å²) in [5.74, 6) is 2.23. The molecule has 0 spiro atoms. The minimum Gasteiger partial charge on any atom is -0.426 e. The fraction of sp³-hybridized carbons (Fsp3) is 0.625. The smallest absolute Gasteiger partial charge is 0.308 e. The van der Waals surface area contributed by atoms with Crippen molar-refractivity contribution in [2.24, 2.45) is 28.3 Å². The fourth-order valence-electron chi connectivity index (χ4n) is 7.93. The van der Waals surface area contributed by atoms with Crippen molar-refractivity contribution in [1.29, 1.82) is 0 Å². The highest BCUT2D eigenvalue weighted by Gasteiger charge is 2.57. The van der Waals surface area contributed by atoms with Crippen molar-refractivity contribution in [3.8, 4) is 5.75 Å². The highest BCUT2D eigenvalue weighted by molar-refractivity contribution is 7.15. The molecule has 3 aliphatic carbocycles. The van der Waals surface area contributed by atoms with Crippen LogP contribution in [0.4, 0.5) is 5.13 Å². The van der Waals surface area contributed by atoms with Crippen LogP contribution in [0.1, 0.15) is 101 Å². The molecule has 1 heterocycles. The Morgan fingerprint density at radius 1 is 1.25 bits per heavy atom. The molecular formula is C32H43N3O4S. The average molecular weight is 566 g/mol. The normalized spacial score (nSPS) is 28.4. The number of rotatable bonds is 6. The molecule has 2 saturated carbocycles. The molecule has 8 heteroatoms. The number of benzene rings is 1. The first-order chi connectivity index (χ1) is 18.9. The van der Waals surface area contributed by atoms with Gasteiger partial charge in [-0.25, -0.2) is 4.98 Å². The quantitative estimate of drug-likeness (QED) is 0.228. The van der Waals surface area contributed by atoms with E-state index in [9.17, 15) is 9.59 Å². The van der Waals surface area contributed by atoms with Crippen LogP contribution < -0.4 is 10.1 Å². The number of aryl methyl sites for hydroxylation is 2. The summed E-state index contributed by atoms with van der Waals surface area (Å²) in [5.41, 5.74) is 4.82. The van der Waals surface area contributed by atoms with Crippen LogP contribution in [0.2, 0.25) is 0 Å². The zero-order chi connectivity index (χ0) is 28.8. The number of anilines is 1. The SMILES string of the molecule is CON=C1C[C@@H](CCC(=O)Nc2ncc(C)s2)C2C3CCc4cc(OC(C)=O)c(C(C)(C)C)cc4C3CC[C@]12C. The minimum absolute atomic E-state index is 0.0211. The van der Waals surface area contributed by atoms with Crippen molar-refractivity contribution < 1.29 is 19.2 Å². The first kappa shape index (κ1) is 28.8. The lowest BCUT2D eigenvalue weighted by Crippen LogP contribution is -2.44. The highest BCUT2D eigenvalue weighted by Crippen LogP contribution is 2.63. The molecule has 0 saturated heterocycles. The first-order valence-electron chi connectivity index (χ1n) is 14.6. The molecular weight excluding hydrogens is 522 g/mol. The van der Waals surface area contributed by atoms with Crippen molar-refractivity contribution in [1.82, 2.24) is 4.98 Å². The molecule has 2 aromatic rings. The van der Waals surface area contributed by atoms with Crippen LogP contribution in [0.5, 0.6) is 5.75 Å². The number of amides is 1. The van der Waals surface area contributed by atoms with Crippen molar-refractivity contribution in [3.05, 3.63) is 39.9 Å². The summed E-state index contributed by atoms with van der Waals surface area (Å²) in [6.45, 7) is 12.4. The number of nitrogens with one attached hydrogen (secondary N) is 1. The summed E-state index contributed by atoms with van der Waals surface area (Å²) in [5, 5.41) is 8.22. The van der Waals surface area contributed by atoms with Gasteiger partial charge in [-0.05, 0) is 91.7 Å². The Bertz CT molecular complexity index is 1330. The van der Waals surface area contributed by atoms with Gasteiger partial charge in [-0.3, -0.25) is 9.59 Å². The number of carbonyl (C=O) groups excluding carboxylic acids is 2. The molecule has 216 valence electrons. The molecule has 2 fully saturated rings. The number of oxime groups is 1. The molecule has 1 aromatic carbocycles. The summed E-state index contributed by atoms with van der Waals surface area (Å²) < 4.78 is 5.71. The van der Waals surface area contributed by atoms with Gasteiger partial charge in [0.25, 0.3) is 0 Å². The fourth-order valence-corrected chi connectivity index (χ4v) is 8.61. The summed E-state index contributed by atoms with van der Waals surface area (Å²) in [6.07, 6.45) is 8.19. The van der Waals surface area contributed by atoms with Gasteiger partial charge in [0.1, 0.15) is 12.9 Å². The number of hydrogen-bond donors (Lipinski definition) is 1. The molecule has 1 N–H and O–H groups in total. The Balaban J connectivity index is 1.43. The molecule has 7 nitrogen and oxygen atoms in total. The number of esters is 1. The lowest BCUT2D eigenvalue weighted by molar-refractivity contribution is -0.132. The molecule has 0 aliphatic heterocycles. The van der Waals surface area contributed by atoms with Gasteiger partial charge < -0.3 is 14.9 Å². The van der Waals surface area contributed by atoms with Crippen LogP contribution in [-0.4, -0.2) is 29.7 Å². The molecule has 3 aliphatic rings. The van der Waals surface area contributed by atoms with Crippen molar-refractivity contribution >= 4 is 34.1 Å². The lowest BCUT2D eigenvalue weighted by atomic mass is 9.53. The van der Waals surface area contributed by atoms with Gasteiger partial charge in [-0.15, -0.1) is 11.3 Å². The molecule has 0 bridgehead atoms. The van der Waals surface area contributed by atoms with Crippen LogP contribution in [0.15, 0.2) is 23.5 Å². The van der Waals surface area contributed by atoms with Gasteiger partial charge in [0.15, 0.2) is 5.13 Å². The van der Waals surface area contributed by atoms with E-state index >= 15 is 0 Å². The number of carbonyl (C=O) groups is 2. The van der Waals surface area contributed by atoms with E-state index in [0.717, 1.165) is 54.7 Å². The van der Waals surface area contributed by atoms with E-state index in [4.69, 9.17) is 9.57 Å². The van der Waals surface area contributed by atoms with Gasteiger partial charge in [0.2, 0.25) is 5.91 Å². The van der Waals surface area contributed by atoms with Crippen molar-refractivity contribution in [3.63, 3.8) is 0 Å². The standard InChI is InChI=1S/C32H43N3O4S/c1-18-17-33-30(40-18)34-28(37)11-9-21-15-27(35-38-7)32(6)13-12-22-23(29(21)32)10-8-20-14-26(39-19(2)36)25(16-24(20)22)31(3,4)5/h14,16-17,21-23,29H,8-13,15H2,1-7H3,(H,33,34,37)/t21-,22?,23?,29?,32-/m1/s1. The molecule has 1 amide bonds. The van der Waals surface area contributed by atoms with E-state index < -0.39 is 0 Å². The van der Waals surface area contributed by atoms with E-state index in [2.05, 4.69) is 55.3 Å². The topological polar surface area (TPSA) is 89.9 Å². The third-order valence-corrected chi connectivity index (χ3v) is 10.4. The first-order valence-corrected chi connectivity index (χ1v) is 15.4. The maximum absolute atomic E-state index is 12.9. The third-order valence-electron chi connectivity index (χ3n) is 9.57. The maximum atomic E-state index is 12.9. The second kappa shape index (κ2) is 10.9. The zero-order valence-corrected chi connectivity index (χ0v) is 25.7. The maximum Gasteiger partial charge on any atom is 0.308 e. The lowest BCUT2D eigenvalue weighted by Gasteiger charge is -2.50. The molecule has 5 atom stereocenters. The molecule has 3 unspecified atom stereocenters. The predicted octanol–water partition coefficient (Wildman–Crippen LogP) is 7.18. The monoisotopic (exact) mass is 565 g/mol. The Kier molecular flexibility index (Phi) is 7.85. The van der Waals surface area contributed by atoms with Crippen molar-refractivity contribution in [2.45, 2.75) is 97.8 Å². The highest BCUT2D eigenvalue weighted by atomic mass is 32.1. The van der Waals surface area contributed by atoms with Crippen LogP contribution in [-0.2, 0) is 26.3 Å². The van der Waals surface area contributed by atoms with E-state index in [-0.39, 0.29) is 22.7 Å². The number of ether oxygens (including phenoxy) is 1. The predicted molar refractivity (Wildman–Crippen MR) is 159 cm³/mol. The number of nitrogens with zero attached hydrogens (tertiary/aromatic N) is 2. The van der Waals surface area contributed by atoms with E-state index in [1.54, 1.807) is 13.3 Å². The van der Waals surface area contributed by atoms with Gasteiger partial charge >= 0.3 is 5.97 Å².